The fourth-order valence-electron chi connectivity index (χ4n) is 8.30. The number of hydrogen-bond donors (Lipinski definition) is 3. The van der Waals surface area contributed by atoms with Crippen LogP contribution in [-0.2, 0) is 5.41 Å². The van der Waals surface area contributed by atoms with Crippen LogP contribution in [0.5, 0.6) is 0 Å². The standard InChI is InChI=1S/C36H50O3/c1-23(2)27-8-6-10-29(20-27)36(18-19-36)34(39)16-11-24(3)31-14-15-32-26(9-7-17-35(31,32)5)12-13-28-21-30(37)22-33(38)25(28)4/h6,8,10-13,16,20,23-24,30-34,37-39H,4,7,9,14-15,17-19,21-22H2,1-3,5H3/b16-11+,26-12+,28-13-/t24-,30-,31-,32+,33+,34-,35-/m1/s1. The smallest absolute Gasteiger partial charge is 0.0817 e. The monoisotopic (exact) mass is 530 g/mol. The maximum Gasteiger partial charge on any atom is 0.0817 e. The molecule has 1 aromatic carbocycles. The highest BCUT2D eigenvalue weighted by molar-refractivity contribution is 5.40. The Labute approximate surface area is 236 Å². The van der Waals surface area contributed by atoms with Gasteiger partial charge < -0.3 is 15.3 Å². The molecule has 7 atom stereocenters. The molecule has 3 N–H and O–H groups in total. The highest BCUT2D eigenvalue weighted by Crippen LogP contribution is 2.60. The molecule has 0 bridgehead atoms. The molecule has 39 heavy (non-hydrogen) atoms. The number of benzene rings is 1. The van der Waals surface area contributed by atoms with Crippen LogP contribution in [0.3, 0.4) is 0 Å². The SMILES string of the molecule is C=C1/C(=C\C=C2/CCC[C@]3(C)[C@@H]([C@H](C)/C=C/[C@@H](O)C4(c5cccc(C(C)C)c5)CC4)CC[C@@H]23)C[C@@H](O)C[C@@H]1O. The molecule has 212 valence electrons. The zero-order valence-corrected chi connectivity index (χ0v) is 24.6. The molecule has 5 rings (SSSR count). The van der Waals surface area contributed by atoms with E-state index in [1.54, 1.807) is 0 Å². The molecular formula is C36H50O3. The predicted octanol–water partition coefficient (Wildman–Crippen LogP) is 7.54. The molecule has 1 aromatic rings. The Balaban J connectivity index is 1.29. The van der Waals surface area contributed by atoms with Crippen molar-refractivity contribution >= 4 is 0 Å². The quantitative estimate of drug-likeness (QED) is 0.319. The number of aliphatic hydroxyl groups is 3. The number of hydrogen-bond acceptors (Lipinski definition) is 3. The second kappa shape index (κ2) is 11.1. The summed E-state index contributed by atoms with van der Waals surface area (Å²) in [5.74, 6) is 2.10. The largest absolute Gasteiger partial charge is 0.393 e. The molecule has 4 aliphatic rings. The Morgan fingerprint density at radius 1 is 1.03 bits per heavy atom. The number of fused-ring (bicyclic) bond motifs is 1. The first-order chi connectivity index (χ1) is 18.5. The highest BCUT2D eigenvalue weighted by Gasteiger charge is 2.51. The van der Waals surface area contributed by atoms with Gasteiger partial charge in [0.15, 0.2) is 0 Å². The summed E-state index contributed by atoms with van der Waals surface area (Å²) in [7, 11) is 0. The van der Waals surface area contributed by atoms with E-state index in [-0.39, 0.29) is 10.8 Å². The van der Waals surface area contributed by atoms with Crippen LogP contribution in [0.2, 0.25) is 0 Å². The molecule has 0 spiro atoms. The number of allylic oxidation sites excluding steroid dienone is 4. The zero-order valence-electron chi connectivity index (χ0n) is 24.6. The van der Waals surface area contributed by atoms with Gasteiger partial charge in [0.05, 0.1) is 18.3 Å². The van der Waals surface area contributed by atoms with Crippen molar-refractivity contribution in [1.29, 1.82) is 0 Å². The van der Waals surface area contributed by atoms with Crippen molar-refractivity contribution in [2.24, 2.45) is 23.2 Å². The van der Waals surface area contributed by atoms with E-state index in [2.05, 4.69) is 82.8 Å². The summed E-state index contributed by atoms with van der Waals surface area (Å²) in [6.45, 7) is 13.4. The average Bonchev–Trinajstić information content (AvgIpc) is 3.64. The summed E-state index contributed by atoms with van der Waals surface area (Å²) in [5, 5.41) is 31.7. The normalized spacial score (nSPS) is 36.1. The van der Waals surface area contributed by atoms with Crippen LogP contribution in [0.15, 0.2) is 71.9 Å². The van der Waals surface area contributed by atoms with Crippen molar-refractivity contribution in [2.45, 2.75) is 115 Å². The molecule has 4 aliphatic carbocycles. The topological polar surface area (TPSA) is 60.7 Å². The maximum atomic E-state index is 11.4. The first-order valence-corrected chi connectivity index (χ1v) is 15.5. The van der Waals surface area contributed by atoms with Crippen molar-refractivity contribution in [3.8, 4) is 0 Å². The zero-order chi connectivity index (χ0) is 27.9. The van der Waals surface area contributed by atoms with Gasteiger partial charge in [-0.05, 0) is 103 Å². The summed E-state index contributed by atoms with van der Waals surface area (Å²) in [4.78, 5) is 0. The highest BCUT2D eigenvalue weighted by atomic mass is 16.3. The molecule has 0 aromatic heterocycles. The van der Waals surface area contributed by atoms with E-state index in [0.29, 0.717) is 36.5 Å². The van der Waals surface area contributed by atoms with Gasteiger partial charge >= 0.3 is 0 Å². The predicted molar refractivity (Wildman–Crippen MR) is 160 cm³/mol. The molecule has 0 amide bonds. The average molecular weight is 531 g/mol. The Bertz CT molecular complexity index is 1150. The van der Waals surface area contributed by atoms with Crippen LogP contribution in [0.4, 0.5) is 0 Å². The Kier molecular flexibility index (Phi) is 8.17. The van der Waals surface area contributed by atoms with Gasteiger partial charge in [0.25, 0.3) is 0 Å². The van der Waals surface area contributed by atoms with E-state index in [4.69, 9.17) is 0 Å². The summed E-state index contributed by atoms with van der Waals surface area (Å²) < 4.78 is 0. The molecule has 4 fully saturated rings. The molecule has 3 heteroatoms. The minimum absolute atomic E-state index is 0.109. The molecule has 0 aliphatic heterocycles. The second-order valence-corrected chi connectivity index (χ2v) is 13.8. The van der Waals surface area contributed by atoms with Gasteiger partial charge in [0, 0.05) is 11.8 Å². The Morgan fingerprint density at radius 2 is 1.79 bits per heavy atom. The van der Waals surface area contributed by atoms with E-state index in [1.165, 1.54) is 42.4 Å². The Hall–Kier alpha value is -1.94. The fourth-order valence-corrected chi connectivity index (χ4v) is 8.30. The lowest BCUT2D eigenvalue weighted by atomic mass is 9.61. The van der Waals surface area contributed by atoms with Crippen molar-refractivity contribution < 1.29 is 15.3 Å². The van der Waals surface area contributed by atoms with E-state index < -0.39 is 18.3 Å². The minimum Gasteiger partial charge on any atom is -0.393 e. The third-order valence-corrected chi connectivity index (χ3v) is 11.0. The second-order valence-electron chi connectivity index (χ2n) is 13.8. The summed E-state index contributed by atoms with van der Waals surface area (Å²) in [6.07, 6.45) is 16.4. The van der Waals surface area contributed by atoms with Crippen LogP contribution in [0.25, 0.3) is 0 Å². The lowest BCUT2D eigenvalue weighted by Crippen LogP contribution is -2.35. The van der Waals surface area contributed by atoms with E-state index in [9.17, 15) is 15.3 Å². The Morgan fingerprint density at radius 3 is 2.51 bits per heavy atom. The molecule has 0 heterocycles. The number of rotatable bonds is 7. The van der Waals surface area contributed by atoms with Gasteiger partial charge in [-0.2, -0.15) is 0 Å². The van der Waals surface area contributed by atoms with Crippen molar-refractivity contribution in [3.63, 3.8) is 0 Å². The van der Waals surface area contributed by atoms with Crippen LogP contribution >= 0.6 is 0 Å². The number of aliphatic hydroxyl groups excluding tert-OH is 3. The third kappa shape index (κ3) is 5.52. The molecular weight excluding hydrogens is 480 g/mol. The van der Waals surface area contributed by atoms with Crippen molar-refractivity contribution in [3.05, 3.63) is 83.0 Å². The van der Waals surface area contributed by atoms with Crippen molar-refractivity contribution in [2.75, 3.05) is 0 Å². The van der Waals surface area contributed by atoms with Gasteiger partial charge in [-0.15, -0.1) is 0 Å². The molecule has 3 nitrogen and oxygen atoms in total. The summed E-state index contributed by atoms with van der Waals surface area (Å²) in [5.41, 5.74) is 6.09. The van der Waals surface area contributed by atoms with Gasteiger partial charge in [-0.3, -0.25) is 0 Å². The summed E-state index contributed by atoms with van der Waals surface area (Å²) >= 11 is 0. The van der Waals surface area contributed by atoms with E-state index in [1.807, 2.05) is 0 Å². The van der Waals surface area contributed by atoms with Crippen LogP contribution in [0, 0.1) is 23.2 Å². The van der Waals surface area contributed by atoms with Crippen LogP contribution < -0.4 is 0 Å². The molecule has 4 saturated carbocycles. The molecule has 0 radical (unpaired) electrons. The third-order valence-electron chi connectivity index (χ3n) is 11.0. The van der Waals surface area contributed by atoms with E-state index >= 15 is 0 Å². The van der Waals surface area contributed by atoms with Crippen LogP contribution in [0.1, 0.15) is 103 Å². The van der Waals surface area contributed by atoms with Gasteiger partial charge in [-0.1, -0.05) is 88.4 Å². The van der Waals surface area contributed by atoms with Gasteiger partial charge in [0.2, 0.25) is 0 Å². The minimum atomic E-state index is -0.636. The van der Waals surface area contributed by atoms with Crippen LogP contribution in [-0.4, -0.2) is 33.6 Å². The van der Waals surface area contributed by atoms with Gasteiger partial charge in [0.1, 0.15) is 0 Å². The van der Waals surface area contributed by atoms with E-state index in [0.717, 1.165) is 30.4 Å². The molecule has 0 saturated heterocycles. The maximum absolute atomic E-state index is 11.4. The lowest BCUT2D eigenvalue weighted by molar-refractivity contribution is 0.0862. The van der Waals surface area contributed by atoms with Crippen molar-refractivity contribution in [1.82, 2.24) is 0 Å². The molecule has 0 unspecified atom stereocenters. The fraction of sp³-hybridized carbons (Fsp3) is 0.611. The summed E-state index contributed by atoms with van der Waals surface area (Å²) in [6, 6.07) is 8.88. The van der Waals surface area contributed by atoms with Gasteiger partial charge in [-0.25, -0.2) is 0 Å². The first kappa shape index (κ1) is 28.6. The lowest BCUT2D eigenvalue weighted by Gasteiger charge is -2.44. The first-order valence-electron chi connectivity index (χ1n) is 15.5.